The molecule has 28 heavy (non-hydrogen) atoms. The lowest BCUT2D eigenvalue weighted by atomic mass is 9.84. The van der Waals surface area contributed by atoms with E-state index in [9.17, 15) is 4.79 Å². The Hall–Kier alpha value is -2.47. The lowest BCUT2D eigenvalue weighted by Crippen LogP contribution is -2.49. The summed E-state index contributed by atoms with van der Waals surface area (Å²) in [5.41, 5.74) is 2.30. The highest BCUT2D eigenvalue weighted by Gasteiger charge is 2.20. The molecule has 6 heteroatoms. The van der Waals surface area contributed by atoms with Crippen molar-refractivity contribution in [2.24, 2.45) is 0 Å². The first kappa shape index (κ1) is 18.9. The predicted molar refractivity (Wildman–Crippen MR) is 112 cm³/mol. The van der Waals surface area contributed by atoms with Crippen molar-refractivity contribution in [3.8, 4) is 0 Å². The summed E-state index contributed by atoms with van der Waals surface area (Å²) >= 11 is 0. The predicted octanol–water partition coefficient (Wildman–Crippen LogP) is 3.29. The molecule has 1 saturated carbocycles. The molecule has 0 unspecified atom stereocenters. The number of carbonyl (C=O) groups excluding carboxylic acids is 1. The zero-order valence-electron chi connectivity index (χ0n) is 16.4. The van der Waals surface area contributed by atoms with Crippen molar-refractivity contribution in [3.63, 3.8) is 0 Å². The molecule has 1 aromatic carbocycles. The van der Waals surface area contributed by atoms with Crippen LogP contribution in [0.15, 0.2) is 42.7 Å². The van der Waals surface area contributed by atoms with Gasteiger partial charge in [0.25, 0.3) is 0 Å². The number of hydrogen-bond acceptors (Lipinski definition) is 5. The van der Waals surface area contributed by atoms with Gasteiger partial charge in [0.2, 0.25) is 11.9 Å². The normalized spacial score (nSPS) is 18.8. The maximum atomic E-state index is 12.4. The number of rotatable bonds is 5. The van der Waals surface area contributed by atoms with E-state index in [0.29, 0.717) is 12.5 Å². The van der Waals surface area contributed by atoms with Gasteiger partial charge >= 0.3 is 0 Å². The summed E-state index contributed by atoms with van der Waals surface area (Å²) < 4.78 is 0. The summed E-state index contributed by atoms with van der Waals surface area (Å²) in [4.78, 5) is 25.4. The van der Waals surface area contributed by atoms with Crippen LogP contribution in [-0.4, -0.2) is 53.5 Å². The van der Waals surface area contributed by atoms with Crippen LogP contribution in [0.5, 0.6) is 0 Å². The molecule has 1 saturated heterocycles. The van der Waals surface area contributed by atoms with Crippen molar-refractivity contribution in [1.82, 2.24) is 14.9 Å². The van der Waals surface area contributed by atoms with Crippen molar-refractivity contribution in [2.75, 3.05) is 42.9 Å². The molecule has 1 N–H and O–H groups in total. The van der Waals surface area contributed by atoms with Crippen molar-refractivity contribution < 1.29 is 4.79 Å². The molecule has 148 valence electrons. The Balaban J connectivity index is 1.23. The Morgan fingerprint density at radius 2 is 1.64 bits per heavy atom. The third-order valence-corrected chi connectivity index (χ3v) is 5.85. The van der Waals surface area contributed by atoms with E-state index < -0.39 is 0 Å². The quantitative estimate of drug-likeness (QED) is 0.864. The standard InChI is InChI=1S/C22H29N5O/c28-21(17-26-13-15-27(16-14-26)22-23-11-4-12-24-22)25-20-9-7-19(8-10-20)18-5-2-1-3-6-18/h4,7-12,18H,1-3,5-6,13-17H2,(H,25,28). The van der Waals surface area contributed by atoms with Crippen LogP contribution in [0.2, 0.25) is 0 Å². The molecule has 0 atom stereocenters. The summed E-state index contributed by atoms with van der Waals surface area (Å²) in [6, 6.07) is 10.3. The second-order valence-corrected chi connectivity index (χ2v) is 7.82. The SMILES string of the molecule is O=C(CN1CCN(c2ncccn2)CC1)Nc1ccc(C2CCCCC2)cc1. The van der Waals surface area contributed by atoms with Gasteiger partial charge in [0.1, 0.15) is 0 Å². The number of anilines is 2. The third-order valence-electron chi connectivity index (χ3n) is 5.85. The highest BCUT2D eigenvalue weighted by atomic mass is 16.2. The number of carbonyl (C=O) groups is 1. The number of nitrogens with one attached hydrogen (secondary N) is 1. The fourth-order valence-corrected chi connectivity index (χ4v) is 4.24. The molecule has 1 aromatic heterocycles. The Morgan fingerprint density at radius 1 is 0.964 bits per heavy atom. The largest absolute Gasteiger partial charge is 0.338 e. The fraction of sp³-hybridized carbons (Fsp3) is 0.500. The Labute approximate surface area is 167 Å². The van der Waals surface area contributed by atoms with Gasteiger partial charge in [-0.05, 0) is 42.5 Å². The van der Waals surface area contributed by atoms with E-state index in [4.69, 9.17) is 0 Å². The van der Waals surface area contributed by atoms with Gasteiger partial charge < -0.3 is 10.2 Å². The molecule has 6 nitrogen and oxygen atoms in total. The highest BCUT2D eigenvalue weighted by Crippen LogP contribution is 2.32. The van der Waals surface area contributed by atoms with Crippen LogP contribution in [0.1, 0.15) is 43.6 Å². The molecule has 2 fully saturated rings. The molecule has 2 heterocycles. The molecule has 1 aliphatic heterocycles. The number of piperazine rings is 1. The van der Waals surface area contributed by atoms with Crippen LogP contribution >= 0.6 is 0 Å². The molecule has 0 bridgehead atoms. The van der Waals surface area contributed by atoms with E-state index in [2.05, 4.69) is 37.2 Å². The lowest BCUT2D eigenvalue weighted by Gasteiger charge is -2.34. The van der Waals surface area contributed by atoms with E-state index in [1.54, 1.807) is 12.4 Å². The average molecular weight is 380 g/mol. The monoisotopic (exact) mass is 379 g/mol. The van der Waals surface area contributed by atoms with E-state index >= 15 is 0 Å². The minimum absolute atomic E-state index is 0.0508. The fourth-order valence-electron chi connectivity index (χ4n) is 4.24. The Bertz CT molecular complexity index is 750. The van der Waals surface area contributed by atoms with Gasteiger partial charge in [-0.2, -0.15) is 0 Å². The smallest absolute Gasteiger partial charge is 0.238 e. The van der Waals surface area contributed by atoms with Gasteiger partial charge in [0.05, 0.1) is 6.54 Å². The minimum atomic E-state index is 0.0508. The van der Waals surface area contributed by atoms with Crippen molar-refractivity contribution in [3.05, 3.63) is 48.3 Å². The zero-order chi connectivity index (χ0) is 19.2. The van der Waals surface area contributed by atoms with E-state index in [1.165, 1.54) is 37.7 Å². The molecule has 0 spiro atoms. The number of hydrogen-bond donors (Lipinski definition) is 1. The molecule has 1 amide bonds. The Morgan fingerprint density at radius 3 is 2.32 bits per heavy atom. The first-order chi connectivity index (χ1) is 13.8. The topological polar surface area (TPSA) is 61.4 Å². The van der Waals surface area contributed by atoms with E-state index in [1.807, 2.05) is 18.2 Å². The summed E-state index contributed by atoms with van der Waals surface area (Å²) in [6.45, 7) is 3.78. The molecule has 2 aromatic rings. The molecule has 2 aliphatic rings. The van der Waals surface area contributed by atoms with Gasteiger partial charge in [-0.3, -0.25) is 9.69 Å². The average Bonchev–Trinajstić information content (AvgIpc) is 2.76. The van der Waals surface area contributed by atoms with Crippen molar-refractivity contribution in [1.29, 1.82) is 0 Å². The third kappa shape index (κ3) is 4.87. The second-order valence-electron chi connectivity index (χ2n) is 7.82. The second kappa shape index (κ2) is 9.15. The zero-order valence-corrected chi connectivity index (χ0v) is 16.4. The van der Waals surface area contributed by atoms with Crippen molar-refractivity contribution >= 4 is 17.5 Å². The molecule has 4 rings (SSSR count). The summed E-state index contributed by atoms with van der Waals surface area (Å²) in [5.74, 6) is 1.52. The number of aromatic nitrogens is 2. The Kier molecular flexibility index (Phi) is 6.17. The van der Waals surface area contributed by atoms with Crippen LogP contribution in [0.25, 0.3) is 0 Å². The number of amides is 1. The summed E-state index contributed by atoms with van der Waals surface area (Å²) in [5, 5.41) is 3.04. The summed E-state index contributed by atoms with van der Waals surface area (Å²) in [6.07, 6.45) is 10.2. The highest BCUT2D eigenvalue weighted by molar-refractivity contribution is 5.92. The maximum absolute atomic E-state index is 12.4. The van der Waals surface area contributed by atoms with Gasteiger partial charge in [-0.1, -0.05) is 31.4 Å². The number of benzene rings is 1. The summed E-state index contributed by atoms with van der Waals surface area (Å²) in [7, 11) is 0. The minimum Gasteiger partial charge on any atom is -0.338 e. The van der Waals surface area contributed by atoms with Crippen LogP contribution in [0.3, 0.4) is 0 Å². The van der Waals surface area contributed by atoms with E-state index in [0.717, 1.165) is 37.8 Å². The van der Waals surface area contributed by atoms with Crippen LogP contribution in [0, 0.1) is 0 Å². The molecule has 1 aliphatic carbocycles. The van der Waals surface area contributed by atoms with Gasteiger partial charge in [-0.15, -0.1) is 0 Å². The van der Waals surface area contributed by atoms with E-state index in [-0.39, 0.29) is 5.91 Å². The van der Waals surface area contributed by atoms with Crippen LogP contribution < -0.4 is 10.2 Å². The molecular formula is C22H29N5O. The first-order valence-electron chi connectivity index (χ1n) is 10.4. The van der Waals surface area contributed by atoms with Gasteiger partial charge in [-0.25, -0.2) is 9.97 Å². The first-order valence-corrected chi connectivity index (χ1v) is 10.4. The van der Waals surface area contributed by atoms with Gasteiger partial charge in [0, 0.05) is 44.3 Å². The maximum Gasteiger partial charge on any atom is 0.238 e. The van der Waals surface area contributed by atoms with Crippen LogP contribution in [-0.2, 0) is 4.79 Å². The van der Waals surface area contributed by atoms with Crippen molar-refractivity contribution in [2.45, 2.75) is 38.0 Å². The number of nitrogens with zero attached hydrogens (tertiary/aromatic N) is 4. The molecule has 0 radical (unpaired) electrons. The van der Waals surface area contributed by atoms with Crippen LogP contribution in [0.4, 0.5) is 11.6 Å². The lowest BCUT2D eigenvalue weighted by molar-refractivity contribution is -0.117. The van der Waals surface area contributed by atoms with Gasteiger partial charge in [0.15, 0.2) is 0 Å². The molecular weight excluding hydrogens is 350 g/mol.